The number of hydrogen-bond acceptors (Lipinski definition) is 4. The number of ether oxygens (including phenoxy) is 1. The van der Waals surface area contributed by atoms with Gasteiger partial charge in [0.05, 0.1) is 18.4 Å². The molecule has 1 aliphatic rings. The van der Waals surface area contributed by atoms with Gasteiger partial charge in [-0.25, -0.2) is 0 Å². The van der Waals surface area contributed by atoms with Crippen LogP contribution in [0.15, 0.2) is 0 Å². The average molecular weight is 200 g/mol. The molecule has 0 aromatic carbocycles. The molecule has 14 heavy (non-hydrogen) atoms. The third-order valence-electron chi connectivity index (χ3n) is 2.29. The Morgan fingerprint density at radius 2 is 2.00 bits per heavy atom. The van der Waals surface area contributed by atoms with E-state index in [4.69, 9.17) is 9.84 Å². The van der Waals surface area contributed by atoms with E-state index in [0.717, 1.165) is 0 Å². The minimum atomic E-state index is -1.10. The molecule has 0 radical (unpaired) electrons. The maximum absolute atomic E-state index is 11.3. The van der Waals surface area contributed by atoms with Crippen LogP contribution in [0.5, 0.6) is 0 Å². The van der Waals surface area contributed by atoms with E-state index in [-0.39, 0.29) is 25.2 Å². The second-order valence-electron chi connectivity index (χ2n) is 3.25. The standard InChI is InChI=1S/C9H12O5/c1-2-14-9(13)7-4-5(10)3-6(7)8(11)12/h6-7H,2-4H2,1H3,(H,11,12). The van der Waals surface area contributed by atoms with E-state index in [1.807, 2.05) is 0 Å². The van der Waals surface area contributed by atoms with Crippen molar-refractivity contribution < 1.29 is 24.2 Å². The van der Waals surface area contributed by atoms with Gasteiger partial charge in [-0.15, -0.1) is 0 Å². The van der Waals surface area contributed by atoms with Gasteiger partial charge in [-0.1, -0.05) is 0 Å². The van der Waals surface area contributed by atoms with Crippen LogP contribution in [-0.4, -0.2) is 29.4 Å². The number of carbonyl (C=O) groups is 3. The summed E-state index contributed by atoms with van der Waals surface area (Å²) < 4.78 is 4.70. The molecule has 2 atom stereocenters. The van der Waals surface area contributed by atoms with E-state index in [9.17, 15) is 14.4 Å². The first-order chi connectivity index (χ1) is 6.56. The van der Waals surface area contributed by atoms with Crippen molar-refractivity contribution >= 4 is 17.7 Å². The van der Waals surface area contributed by atoms with Gasteiger partial charge in [0.2, 0.25) is 0 Å². The Labute approximate surface area is 81.0 Å². The number of aliphatic carboxylic acids is 1. The molecule has 0 aromatic rings. The average Bonchev–Trinajstić information content (AvgIpc) is 2.48. The zero-order valence-electron chi connectivity index (χ0n) is 7.86. The van der Waals surface area contributed by atoms with Crippen molar-refractivity contribution in [2.75, 3.05) is 6.61 Å². The zero-order valence-corrected chi connectivity index (χ0v) is 7.86. The summed E-state index contributed by atoms with van der Waals surface area (Å²) in [5.74, 6) is -3.56. The lowest BCUT2D eigenvalue weighted by Crippen LogP contribution is -2.26. The second kappa shape index (κ2) is 4.21. The van der Waals surface area contributed by atoms with Crippen LogP contribution in [0.1, 0.15) is 19.8 Å². The fourth-order valence-corrected chi connectivity index (χ4v) is 1.61. The highest BCUT2D eigenvalue weighted by molar-refractivity contribution is 5.94. The Morgan fingerprint density at radius 3 is 2.50 bits per heavy atom. The lowest BCUT2D eigenvalue weighted by atomic mass is 9.96. The van der Waals surface area contributed by atoms with Crippen molar-refractivity contribution in [1.82, 2.24) is 0 Å². The summed E-state index contributed by atoms with van der Waals surface area (Å²) in [5, 5.41) is 8.76. The topological polar surface area (TPSA) is 80.7 Å². The molecule has 1 rings (SSSR count). The monoisotopic (exact) mass is 200 g/mol. The minimum Gasteiger partial charge on any atom is -0.481 e. The number of hydrogen-bond donors (Lipinski definition) is 1. The van der Waals surface area contributed by atoms with Crippen molar-refractivity contribution in [2.45, 2.75) is 19.8 Å². The SMILES string of the molecule is CCOC(=O)C1CC(=O)CC1C(=O)O. The Kier molecular flexibility index (Phi) is 3.22. The van der Waals surface area contributed by atoms with Crippen LogP contribution in [0.2, 0.25) is 0 Å². The summed E-state index contributed by atoms with van der Waals surface area (Å²) in [7, 11) is 0. The maximum Gasteiger partial charge on any atom is 0.310 e. The molecule has 0 amide bonds. The lowest BCUT2D eigenvalue weighted by Gasteiger charge is -2.12. The number of carboxylic acid groups (broad SMARTS) is 1. The Balaban J connectivity index is 2.71. The molecule has 0 heterocycles. The van der Waals surface area contributed by atoms with Crippen molar-refractivity contribution in [3.63, 3.8) is 0 Å². The molecule has 5 heteroatoms. The Morgan fingerprint density at radius 1 is 1.43 bits per heavy atom. The first-order valence-electron chi connectivity index (χ1n) is 4.47. The normalized spacial score (nSPS) is 26.2. The van der Waals surface area contributed by atoms with E-state index in [1.54, 1.807) is 6.92 Å². The zero-order chi connectivity index (χ0) is 10.7. The highest BCUT2D eigenvalue weighted by Crippen LogP contribution is 2.30. The number of rotatable bonds is 3. The van der Waals surface area contributed by atoms with Gasteiger partial charge in [0.25, 0.3) is 0 Å². The fourth-order valence-electron chi connectivity index (χ4n) is 1.61. The molecule has 0 saturated heterocycles. The van der Waals surface area contributed by atoms with Gasteiger partial charge in [0, 0.05) is 12.8 Å². The molecule has 1 aliphatic carbocycles. The molecule has 0 bridgehead atoms. The molecule has 1 fully saturated rings. The molecule has 1 N–H and O–H groups in total. The molecule has 1 saturated carbocycles. The first-order valence-corrected chi connectivity index (χ1v) is 4.47. The summed E-state index contributed by atoms with van der Waals surface area (Å²) in [6.45, 7) is 1.85. The largest absolute Gasteiger partial charge is 0.481 e. The molecule has 5 nitrogen and oxygen atoms in total. The van der Waals surface area contributed by atoms with E-state index in [0.29, 0.717) is 0 Å². The molecular formula is C9H12O5. The number of carbonyl (C=O) groups excluding carboxylic acids is 2. The van der Waals surface area contributed by atoms with Crippen molar-refractivity contribution in [3.8, 4) is 0 Å². The van der Waals surface area contributed by atoms with Crippen LogP contribution in [0.4, 0.5) is 0 Å². The molecule has 0 aromatic heterocycles. The predicted molar refractivity (Wildman–Crippen MR) is 45.5 cm³/mol. The second-order valence-corrected chi connectivity index (χ2v) is 3.25. The van der Waals surface area contributed by atoms with Crippen LogP contribution >= 0.6 is 0 Å². The van der Waals surface area contributed by atoms with Crippen LogP contribution in [-0.2, 0) is 19.1 Å². The van der Waals surface area contributed by atoms with Crippen molar-refractivity contribution in [3.05, 3.63) is 0 Å². The van der Waals surface area contributed by atoms with Crippen LogP contribution in [0, 0.1) is 11.8 Å². The van der Waals surface area contributed by atoms with Crippen LogP contribution in [0.25, 0.3) is 0 Å². The molecule has 2 unspecified atom stereocenters. The minimum absolute atomic E-state index is 0.00417. The summed E-state index contributed by atoms with van der Waals surface area (Å²) in [6.07, 6.45) is -0.0609. The Hall–Kier alpha value is -1.39. The van der Waals surface area contributed by atoms with Crippen LogP contribution in [0.3, 0.4) is 0 Å². The van der Waals surface area contributed by atoms with E-state index >= 15 is 0 Å². The highest BCUT2D eigenvalue weighted by atomic mass is 16.5. The van der Waals surface area contributed by atoms with Gasteiger partial charge in [-0.3, -0.25) is 14.4 Å². The third-order valence-corrected chi connectivity index (χ3v) is 2.29. The summed E-state index contributed by atoms with van der Waals surface area (Å²) in [5.41, 5.74) is 0. The van der Waals surface area contributed by atoms with Gasteiger partial charge in [-0.2, -0.15) is 0 Å². The quantitative estimate of drug-likeness (QED) is 0.659. The van der Waals surface area contributed by atoms with Gasteiger partial charge >= 0.3 is 11.9 Å². The Bertz CT molecular complexity index is 270. The summed E-state index contributed by atoms with van der Waals surface area (Å²) >= 11 is 0. The molecule has 78 valence electrons. The van der Waals surface area contributed by atoms with E-state index < -0.39 is 23.8 Å². The van der Waals surface area contributed by atoms with Gasteiger partial charge in [-0.05, 0) is 6.92 Å². The van der Waals surface area contributed by atoms with Gasteiger partial charge in [0.1, 0.15) is 5.78 Å². The van der Waals surface area contributed by atoms with E-state index in [2.05, 4.69) is 0 Å². The third kappa shape index (κ3) is 2.10. The summed E-state index contributed by atoms with van der Waals surface area (Å²) in [6, 6.07) is 0. The highest BCUT2D eigenvalue weighted by Gasteiger charge is 2.43. The van der Waals surface area contributed by atoms with Crippen molar-refractivity contribution in [2.24, 2.45) is 11.8 Å². The van der Waals surface area contributed by atoms with Gasteiger partial charge in [0.15, 0.2) is 0 Å². The lowest BCUT2D eigenvalue weighted by molar-refractivity contribution is -0.156. The molecular weight excluding hydrogens is 188 g/mol. The van der Waals surface area contributed by atoms with Crippen molar-refractivity contribution in [1.29, 1.82) is 0 Å². The smallest absolute Gasteiger partial charge is 0.310 e. The number of carboxylic acids is 1. The first kappa shape index (κ1) is 10.7. The molecule has 0 aliphatic heterocycles. The van der Waals surface area contributed by atoms with Crippen LogP contribution < -0.4 is 0 Å². The maximum atomic E-state index is 11.3. The number of Topliss-reactive ketones (excluding diaryl/α,β-unsaturated/α-hetero) is 1. The van der Waals surface area contributed by atoms with Gasteiger partial charge < -0.3 is 9.84 Å². The molecule has 0 spiro atoms. The van der Waals surface area contributed by atoms with E-state index in [1.165, 1.54) is 0 Å². The summed E-state index contributed by atoms with van der Waals surface area (Å²) in [4.78, 5) is 33.0. The fraction of sp³-hybridized carbons (Fsp3) is 0.667. The predicted octanol–water partition coefficient (Wildman–Crippen LogP) is 0.229. The number of esters is 1. The number of ketones is 1.